The average molecular weight is 197 g/mol. The molecule has 0 aliphatic heterocycles. The summed E-state index contributed by atoms with van der Waals surface area (Å²) in [6.07, 6.45) is -1.18. The third kappa shape index (κ3) is 2.06. The minimum absolute atomic E-state index is 0.228. The molecule has 0 aliphatic rings. The lowest BCUT2D eigenvalue weighted by Crippen LogP contribution is -2.06. The Balaban J connectivity index is 3.10. The van der Waals surface area contributed by atoms with Gasteiger partial charge in [-0.15, -0.1) is 0 Å². The first-order valence-electron chi connectivity index (χ1n) is 4.15. The molecule has 1 rings (SSSR count). The number of nitrogens with zero attached hydrogens (tertiary/aromatic N) is 1. The summed E-state index contributed by atoms with van der Waals surface area (Å²) in [7, 11) is 0. The molecular weight excluding hydrogens is 188 g/mol. The first kappa shape index (κ1) is 10.6. The summed E-state index contributed by atoms with van der Waals surface area (Å²) in [5, 5.41) is 8.65. The van der Waals surface area contributed by atoms with E-state index in [2.05, 4.69) is 0 Å². The highest BCUT2D eigenvalue weighted by molar-refractivity contribution is 5.25. The summed E-state index contributed by atoms with van der Waals surface area (Å²) in [6, 6.07) is 5.14. The Morgan fingerprint density at radius 2 is 2.00 bits per heavy atom. The third-order valence-corrected chi connectivity index (χ3v) is 1.71. The van der Waals surface area contributed by atoms with Crippen LogP contribution in [0.5, 0.6) is 0 Å². The second-order valence-corrected chi connectivity index (χ2v) is 2.60. The van der Waals surface area contributed by atoms with Crippen LogP contribution >= 0.6 is 0 Å². The van der Waals surface area contributed by atoms with E-state index >= 15 is 0 Å². The first-order chi connectivity index (χ1) is 6.70. The van der Waals surface area contributed by atoms with Crippen molar-refractivity contribution in [3.05, 3.63) is 35.4 Å². The largest absolute Gasteiger partial charge is 0.359 e. The van der Waals surface area contributed by atoms with E-state index in [4.69, 9.17) is 10.00 Å². The van der Waals surface area contributed by atoms with Crippen molar-refractivity contribution in [2.45, 2.75) is 13.0 Å². The van der Waals surface area contributed by atoms with Crippen LogP contribution in [0.2, 0.25) is 0 Å². The standard InChI is InChI=1S/C10H9F2NO/c1-2-14-9(6-13)10-7(11)4-3-5-8(10)12/h3-5,9H,2H2,1H3. The topological polar surface area (TPSA) is 33.0 Å². The van der Waals surface area contributed by atoms with Crippen LogP contribution in [0.25, 0.3) is 0 Å². The molecule has 74 valence electrons. The summed E-state index contributed by atoms with van der Waals surface area (Å²) in [5.74, 6) is -1.52. The van der Waals surface area contributed by atoms with E-state index in [9.17, 15) is 8.78 Å². The second-order valence-electron chi connectivity index (χ2n) is 2.60. The minimum atomic E-state index is -1.18. The minimum Gasteiger partial charge on any atom is -0.359 e. The third-order valence-electron chi connectivity index (χ3n) is 1.71. The van der Waals surface area contributed by atoms with Crippen molar-refractivity contribution in [1.82, 2.24) is 0 Å². The molecule has 1 aromatic rings. The van der Waals surface area contributed by atoms with Gasteiger partial charge in [0.1, 0.15) is 11.6 Å². The Hall–Kier alpha value is -1.47. The van der Waals surface area contributed by atoms with Crippen LogP contribution in [-0.4, -0.2) is 6.61 Å². The van der Waals surface area contributed by atoms with E-state index in [1.165, 1.54) is 6.07 Å². The molecule has 0 aromatic heterocycles. The predicted octanol–water partition coefficient (Wildman–Crippen LogP) is 2.57. The summed E-state index contributed by atoms with van der Waals surface area (Å²) >= 11 is 0. The molecule has 0 radical (unpaired) electrons. The van der Waals surface area contributed by atoms with Gasteiger partial charge in [0.25, 0.3) is 0 Å². The Morgan fingerprint density at radius 3 is 2.43 bits per heavy atom. The molecule has 0 amide bonds. The van der Waals surface area contributed by atoms with Crippen molar-refractivity contribution < 1.29 is 13.5 Å². The monoisotopic (exact) mass is 197 g/mol. The van der Waals surface area contributed by atoms with Gasteiger partial charge in [-0.05, 0) is 19.1 Å². The Bertz CT molecular complexity index is 339. The van der Waals surface area contributed by atoms with Crippen molar-refractivity contribution >= 4 is 0 Å². The number of rotatable bonds is 3. The van der Waals surface area contributed by atoms with Gasteiger partial charge in [0.2, 0.25) is 0 Å². The number of benzene rings is 1. The maximum absolute atomic E-state index is 13.1. The zero-order chi connectivity index (χ0) is 10.6. The van der Waals surface area contributed by atoms with Crippen LogP contribution < -0.4 is 0 Å². The van der Waals surface area contributed by atoms with Crippen molar-refractivity contribution in [2.75, 3.05) is 6.61 Å². The molecule has 0 heterocycles. The van der Waals surface area contributed by atoms with Crippen LogP contribution in [-0.2, 0) is 4.74 Å². The van der Waals surface area contributed by atoms with E-state index in [1.54, 1.807) is 13.0 Å². The van der Waals surface area contributed by atoms with E-state index in [0.717, 1.165) is 12.1 Å². The van der Waals surface area contributed by atoms with Gasteiger partial charge in [-0.3, -0.25) is 0 Å². The van der Waals surface area contributed by atoms with Gasteiger partial charge >= 0.3 is 0 Å². The average Bonchev–Trinajstić information content (AvgIpc) is 2.16. The molecule has 1 aromatic carbocycles. The Morgan fingerprint density at radius 1 is 1.43 bits per heavy atom. The van der Waals surface area contributed by atoms with Gasteiger partial charge in [-0.2, -0.15) is 5.26 Å². The Kier molecular flexibility index (Phi) is 3.55. The summed E-state index contributed by atoms with van der Waals surface area (Å²) < 4.78 is 31.2. The number of hydrogen-bond donors (Lipinski definition) is 0. The fourth-order valence-electron chi connectivity index (χ4n) is 1.11. The molecule has 1 atom stereocenters. The van der Waals surface area contributed by atoms with Crippen LogP contribution in [0.1, 0.15) is 18.6 Å². The van der Waals surface area contributed by atoms with Crippen molar-refractivity contribution in [3.63, 3.8) is 0 Å². The second kappa shape index (κ2) is 4.68. The fourth-order valence-corrected chi connectivity index (χ4v) is 1.11. The number of nitriles is 1. The van der Waals surface area contributed by atoms with Crippen LogP contribution in [0, 0.1) is 23.0 Å². The van der Waals surface area contributed by atoms with Gasteiger partial charge in [0.05, 0.1) is 11.6 Å². The molecule has 0 bridgehead atoms. The molecule has 14 heavy (non-hydrogen) atoms. The van der Waals surface area contributed by atoms with Crippen LogP contribution in [0.4, 0.5) is 8.78 Å². The highest BCUT2D eigenvalue weighted by Gasteiger charge is 2.19. The molecule has 0 fully saturated rings. The predicted molar refractivity (Wildman–Crippen MR) is 46.3 cm³/mol. The van der Waals surface area contributed by atoms with Gasteiger partial charge in [0.15, 0.2) is 6.10 Å². The number of ether oxygens (including phenoxy) is 1. The normalized spacial score (nSPS) is 12.1. The highest BCUT2D eigenvalue weighted by atomic mass is 19.1. The summed E-state index contributed by atoms with van der Waals surface area (Å²) in [4.78, 5) is 0. The molecule has 0 saturated heterocycles. The zero-order valence-electron chi connectivity index (χ0n) is 7.63. The van der Waals surface area contributed by atoms with E-state index < -0.39 is 17.7 Å². The summed E-state index contributed by atoms with van der Waals surface area (Å²) in [6.45, 7) is 1.88. The molecular formula is C10H9F2NO. The van der Waals surface area contributed by atoms with E-state index in [0.29, 0.717) is 0 Å². The van der Waals surface area contributed by atoms with Gasteiger partial charge < -0.3 is 4.74 Å². The molecule has 0 aliphatic carbocycles. The quantitative estimate of drug-likeness (QED) is 0.746. The molecule has 4 heteroatoms. The highest BCUT2D eigenvalue weighted by Crippen LogP contribution is 2.22. The number of halogens is 2. The lowest BCUT2D eigenvalue weighted by Gasteiger charge is -2.10. The molecule has 1 unspecified atom stereocenters. The first-order valence-corrected chi connectivity index (χ1v) is 4.15. The zero-order valence-corrected chi connectivity index (χ0v) is 7.63. The lowest BCUT2D eigenvalue weighted by molar-refractivity contribution is 0.0965. The van der Waals surface area contributed by atoms with Crippen molar-refractivity contribution in [1.29, 1.82) is 5.26 Å². The molecule has 0 saturated carbocycles. The molecule has 0 N–H and O–H groups in total. The molecule has 2 nitrogen and oxygen atoms in total. The maximum atomic E-state index is 13.1. The van der Waals surface area contributed by atoms with Gasteiger partial charge in [-0.25, -0.2) is 8.78 Å². The fraction of sp³-hybridized carbons (Fsp3) is 0.300. The van der Waals surface area contributed by atoms with E-state index in [1.807, 2.05) is 0 Å². The number of hydrogen-bond acceptors (Lipinski definition) is 2. The Labute approximate surface area is 80.7 Å². The maximum Gasteiger partial charge on any atom is 0.174 e. The molecule has 0 spiro atoms. The van der Waals surface area contributed by atoms with Crippen LogP contribution in [0.15, 0.2) is 18.2 Å². The van der Waals surface area contributed by atoms with E-state index in [-0.39, 0.29) is 12.2 Å². The van der Waals surface area contributed by atoms with Gasteiger partial charge in [0, 0.05) is 6.61 Å². The van der Waals surface area contributed by atoms with Crippen LogP contribution in [0.3, 0.4) is 0 Å². The smallest absolute Gasteiger partial charge is 0.174 e. The summed E-state index contributed by atoms with van der Waals surface area (Å²) in [5.41, 5.74) is -0.322. The lowest BCUT2D eigenvalue weighted by atomic mass is 10.1. The SMILES string of the molecule is CCOC(C#N)c1c(F)cccc1F. The van der Waals surface area contributed by atoms with Crippen molar-refractivity contribution in [2.24, 2.45) is 0 Å². The van der Waals surface area contributed by atoms with Gasteiger partial charge in [-0.1, -0.05) is 6.07 Å². The van der Waals surface area contributed by atoms with Crippen molar-refractivity contribution in [3.8, 4) is 6.07 Å².